The lowest BCUT2D eigenvalue weighted by Crippen LogP contribution is -2.44. The minimum Gasteiger partial charge on any atom is -0.497 e. The molecule has 0 aliphatic carbocycles. The van der Waals surface area contributed by atoms with Gasteiger partial charge in [0.1, 0.15) is 5.75 Å². The summed E-state index contributed by atoms with van der Waals surface area (Å²) in [5.74, 6) is 0.305. The van der Waals surface area contributed by atoms with Gasteiger partial charge in [0.15, 0.2) is 0 Å². The number of piperidine rings is 1. The van der Waals surface area contributed by atoms with Crippen molar-refractivity contribution in [3.05, 3.63) is 83.4 Å². The van der Waals surface area contributed by atoms with Crippen LogP contribution in [0.3, 0.4) is 0 Å². The Morgan fingerprint density at radius 2 is 1.83 bits per heavy atom. The zero-order chi connectivity index (χ0) is 24.6. The van der Waals surface area contributed by atoms with Gasteiger partial charge < -0.3 is 14.8 Å². The second-order valence-electron chi connectivity index (χ2n) is 8.78. The van der Waals surface area contributed by atoms with Crippen molar-refractivity contribution in [3.8, 4) is 5.75 Å². The summed E-state index contributed by atoms with van der Waals surface area (Å²) in [6.07, 6.45) is 5.10. The molecule has 0 bridgehead atoms. The van der Waals surface area contributed by atoms with E-state index in [9.17, 15) is 9.59 Å². The number of rotatable bonds is 8. The van der Waals surface area contributed by atoms with Crippen LogP contribution in [0.25, 0.3) is 16.8 Å². The third-order valence-electron chi connectivity index (χ3n) is 6.29. The average Bonchev–Trinajstić information content (AvgIpc) is 2.88. The molecule has 35 heavy (non-hydrogen) atoms. The molecule has 0 radical (unpaired) electrons. The van der Waals surface area contributed by atoms with Crippen LogP contribution in [0, 0.1) is 0 Å². The number of esters is 1. The van der Waals surface area contributed by atoms with Crippen LogP contribution in [0.2, 0.25) is 0 Å². The Morgan fingerprint density at radius 3 is 2.60 bits per heavy atom. The molecule has 6 nitrogen and oxygen atoms in total. The van der Waals surface area contributed by atoms with E-state index in [2.05, 4.69) is 40.5 Å². The molecule has 1 aliphatic rings. The van der Waals surface area contributed by atoms with Gasteiger partial charge in [-0.3, -0.25) is 9.69 Å². The molecular formula is C29H32N2O4. The Bertz CT molecular complexity index is 1210. The van der Waals surface area contributed by atoms with E-state index in [-0.39, 0.29) is 17.9 Å². The summed E-state index contributed by atoms with van der Waals surface area (Å²) in [6.45, 7) is 4.91. The summed E-state index contributed by atoms with van der Waals surface area (Å²) in [5.41, 5.74) is 2.84. The highest BCUT2D eigenvalue weighted by molar-refractivity contribution is 5.94. The molecule has 0 spiro atoms. The first-order valence-corrected chi connectivity index (χ1v) is 12.1. The van der Waals surface area contributed by atoms with Gasteiger partial charge >= 0.3 is 5.97 Å². The summed E-state index contributed by atoms with van der Waals surface area (Å²) in [5, 5.41) is 5.48. The fourth-order valence-electron chi connectivity index (χ4n) is 4.40. The number of nitrogens with one attached hydrogen (secondary N) is 1. The van der Waals surface area contributed by atoms with Crippen LogP contribution < -0.4 is 10.1 Å². The van der Waals surface area contributed by atoms with Gasteiger partial charge in [-0.05, 0) is 78.1 Å². The lowest BCUT2D eigenvalue weighted by molar-refractivity contribution is -0.137. The molecule has 1 N–H and O–H groups in total. The number of ether oxygens (including phenoxy) is 2. The van der Waals surface area contributed by atoms with Gasteiger partial charge in [-0.25, -0.2) is 4.79 Å². The molecular weight excluding hydrogens is 440 g/mol. The first-order chi connectivity index (χ1) is 17.0. The maximum absolute atomic E-state index is 12.6. The van der Waals surface area contributed by atoms with Crippen LogP contribution in [0.15, 0.2) is 66.7 Å². The van der Waals surface area contributed by atoms with Crippen molar-refractivity contribution in [3.63, 3.8) is 0 Å². The summed E-state index contributed by atoms with van der Waals surface area (Å²) < 4.78 is 10.2. The van der Waals surface area contributed by atoms with E-state index < -0.39 is 0 Å². The molecule has 0 unspecified atom stereocenters. The van der Waals surface area contributed by atoms with E-state index in [4.69, 9.17) is 9.47 Å². The Morgan fingerprint density at radius 1 is 1.03 bits per heavy atom. The van der Waals surface area contributed by atoms with Gasteiger partial charge in [0.2, 0.25) is 0 Å². The molecule has 1 saturated heterocycles. The van der Waals surface area contributed by atoms with Gasteiger partial charge in [0, 0.05) is 37.3 Å². The van der Waals surface area contributed by atoms with E-state index in [1.54, 1.807) is 26.2 Å². The highest BCUT2D eigenvalue weighted by Crippen LogP contribution is 2.21. The fourth-order valence-corrected chi connectivity index (χ4v) is 4.40. The zero-order valence-electron chi connectivity index (χ0n) is 20.3. The number of carbonyl (C=O) groups is 2. The third kappa shape index (κ3) is 6.70. The summed E-state index contributed by atoms with van der Waals surface area (Å²) >= 11 is 0. The quantitative estimate of drug-likeness (QED) is 0.376. The predicted octanol–water partition coefficient (Wildman–Crippen LogP) is 4.82. The zero-order valence-corrected chi connectivity index (χ0v) is 20.3. The van der Waals surface area contributed by atoms with E-state index in [0.29, 0.717) is 17.9 Å². The number of amides is 1. The molecule has 3 aromatic carbocycles. The molecule has 1 fully saturated rings. The minimum atomic E-state index is -0.329. The van der Waals surface area contributed by atoms with Crippen molar-refractivity contribution in [2.24, 2.45) is 0 Å². The number of fused-ring (bicyclic) bond motifs is 1. The van der Waals surface area contributed by atoms with E-state index in [0.717, 1.165) is 43.4 Å². The molecule has 1 aliphatic heterocycles. The van der Waals surface area contributed by atoms with Gasteiger partial charge in [-0.1, -0.05) is 30.3 Å². The van der Waals surface area contributed by atoms with Gasteiger partial charge in [-0.2, -0.15) is 0 Å². The maximum Gasteiger partial charge on any atom is 0.330 e. The number of methoxy groups -OCH3 is 1. The molecule has 0 atom stereocenters. The molecule has 182 valence electrons. The van der Waals surface area contributed by atoms with Crippen LogP contribution in [-0.2, 0) is 16.1 Å². The topological polar surface area (TPSA) is 67.9 Å². The van der Waals surface area contributed by atoms with Crippen molar-refractivity contribution in [1.82, 2.24) is 10.2 Å². The summed E-state index contributed by atoms with van der Waals surface area (Å²) in [6, 6.07) is 20.1. The maximum atomic E-state index is 12.6. The Balaban J connectivity index is 1.32. The van der Waals surface area contributed by atoms with Crippen molar-refractivity contribution < 1.29 is 19.1 Å². The lowest BCUT2D eigenvalue weighted by Gasteiger charge is -2.32. The largest absolute Gasteiger partial charge is 0.497 e. The minimum absolute atomic E-state index is 0.0512. The number of nitrogens with zero attached hydrogens (tertiary/aromatic N) is 1. The number of hydrogen-bond acceptors (Lipinski definition) is 5. The first-order valence-electron chi connectivity index (χ1n) is 12.1. The monoisotopic (exact) mass is 472 g/mol. The first kappa shape index (κ1) is 24.5. The van der Waals surface area contributed by atoms with E-state index in [1.165, 1.54) is 17.0 Å². The van der Waals surface area contributed by atoms with Crippen LogP contribution in [0.5, 0.6) is 5.75 Å². The smallest absolute Gasteiger partial charge is 0.330 e. The molecule has 1 heterocycles. The molecule has 0 aromatic heterocycles. The van der Waals surface area contributed by atoms with Crippen molar-refractivity contribution >= 4 is 28.7 Å². The number of hydrogen-bond donors (Lipinski definition) is 1. The highest BCUT2D eigenvalue weighted by atomic mass is 16.5. The summed E-state index contributed by atoms with van der Waals surface area (Å²) in [4.78, 5) is 26.6. The lowest BCUT2D eigenvalue weighted by atomic mass is 10.0. The van der Waals surface area contributed by atoms with Gasteiger partial charge in [-0.15, -0.1) is 0 Å². The van der Waals surface area contributed by atoms with Crippen LogP contribution in [0.4, 0.5) is 0 Å². The second-order valence-corrected chi connectivity index (χ2v) is 8.78. The van der Waals surface area contributed by atoms with Crippen molar-refractivity contribution in [2.45, 2.75) is 32.4 Å². The number of benzene rings is 3. The van der Waals surface area contributed by atoms with Crippen LogP contribution >= 0.6 is 0 Å². The van der Waals surface area contributed by atoms with E-state index in [1.807, 2.05) is 24.3 Å². The predicted molar refractivity (Wildman–Crippen MR) is 138 cm³/mol. The van der Waals surface area contributed by atoms with Gasteiger partial charge in [0.25, 0.3) is 5.91 Å². The van der Waals surface area contributed by atoms with E-state index >= 15 is 0 Å². The number of likely N-dealkylation sites (tertiary alicyclic amines) is 1. The fraction of sp³-hybridized carbons (Fsp3) is 0.310. The van der Waals surface area contributed by atoms with Gasteiger partial charge in [0.05, 0.1) is 13.7 Å². The average molecular weight is 473 g/mol. The molecule has 3 aromatic rings. The van der Waals surface area contributed by atoms with Crippen molar-refractivity contribution in [2.75, 3.05) is 26.8 Å². The normalized spacial score (nSPS) is 14.8. The van der Waals surface area contributed by atoms with Crippen molar-refractivity contribution in [1.29, 1.82) is 0 Å². The highest BCUT2D eigenvalue weighted by Gasteiger charge is 2.21. The standard InChI is InChI=1S/C29H32N2O4/c1-3-35-28(32)12-9-21-7-10-23-11-8-22(18-25(23)17-21)20-31-15-13-26(14-16-31)30-29(33)24-5-4-6-27(19-24)34-2/h4-12,17-19,26H,3,13-16,20H2,1-2H3,(H,30,33)/b12-9+. The Labute approximate surface area is 206 Å². The van der Waals surface area contributed by atoms with Crippen LogP contribution in [0.1, 0.15) is 41.3 Å². The third-order valence-corrected chi connectivity index (χ3v) is 6.29. The SMILES string of the molecule is CCOC(=O)/C=C/c1ccc2ccc(CN3CCC(NC(=O)c4cccc(OC)c4)CC3)cc2c1. The Hall–Kier alpha value is -3.64. The molecule has 1 amide bonds. The Kier molecular flexibility index (Phi) is 8.16. The molecule has 4 rings (SSSR count). The molecule has 0 saturated carbocycles. The second kappa shape index (κ2) is 11.7. The molecule has 6 heteroatoms. The number of carbonyl (C=O) groups excluding carboxylic acids is 2. The van der Waals surface area contributed by atoms with Crippen LogP contribution in [-0.4, -0.2) is 49.6 Å². The summed E-state index contributed by atoms with van der Waals surface area (Å²) in [7, 11) is 1.60.